The molecule has 0 heterocycles. The summed E-state index contributed by atoms with van der Waals surface area (Å²) in [5.41, 5.74) is 0. The number of methoxy groups -OCH3 is 1. The summed E-state index contributed by atoms with van der Waals surface area (Å²) in [6, 6.07) is 0.305. The number of ether oxygens (including phenoxy) is 1. The Morgan fingerprint density at radius 2 is 2.00 bits per heavy atom. The van der Waals surface area contributed by atoms with Gasteiger partial charge in [0.1, 0.15) is 5.76 Å². The number of aliphatic hydroxyl groups is 1. The van der Waals surface area contributed by atoms with Crippen LogP contribution in [0.3, 0.4) is 0 Å². The highest BCUT2D eigenvalue weighted by Crippen LogP contribution is 2.20. The Hall–Kier alpha value is -1.07. The van der Waals surface area contributed by atoms with E-state index in [2.05, 4.69) is 17.2 Å². The molecule has 5 heteroatoms. The molecule has 1 aliphatic rings. The molecule has 5 nitrogen and oxygen atoms in total. The van der Waals surface area contributed by atoms with Crippen molar-refractivity contribution in [2.24, 2.45) is 0 Å². The molecule has 0 aromatic rings. The zero-order chi connectivity index (χ0) is 15.8. The number of rotatable bonds is 8. The van der Waals surface area contributed by atoms with E-state index < -0.39 is 0 Å². The zero-order valence-corrected chi connectivity index (χ0v) is 13.5. The maximum absolute atomic E-state index is 12.0. The van der Waals surface area contributed by atoms with Crippen molar-refractivity contribution < 1.29 is 14.6 Å². The van der Waals surface area contributed by atoms with Gasteiger partial charge in [-0.25, -0.2) is 0 Å². The van der Waals surface area contributed by atoms with Crippen LogP contribution in [0.2, 0.25) is 0 Å². The number of hydrogen-bond acceptors (Lipinski definition) is 4. The second-order valence-electron chi connectivity index (χ2n) is 5.98. The van der Waals surface area contributed by atoms with Gasteiger partial charge in [-0.2, -0.15) is 0 Å². The van der Waals surface area contributed by atoms with E-state index in [-0.39, 0.29) is 24.1 Å². The van der Waals surface area contributed by atoms with E-state index in [0.717, 1.165) is 32.1 Å². The average Bonchev–Trinajstić information content (AvgIpc) is 2.47. The minimum atomic E-state index is -0.181. The third kappa shape index (κ3) is 6.48. The quantitative estimate of drug-likeness (QED) is 0.597. The van der Waals surface area contributed by atoms with Gasteiger partial charge < -0.3 is 20.5 Å². The standard InChI is InChI=1S/C16H30N2O3/c1-5-11(2)17-16(20)10-15(12(3)21-4)18-13-6-8-14(19)9-7-13/h11,13-15,18-19H,3,5-10H2,1-2,4H3,(H,17,20). The maximum atomic E-state index is 12.0. The lowest BCUT2D eigenvalue weighted by Gasteiger charge is -2.30. The molecule has 2 unspecified atom stereocenters. The van der Waals surface area contributed by atoms with Crippen molar-refractivity contribution in [1.29, 1.82) is 0 Å². The largest absolute Gasteiger partial charge is 0.500 e. The van der Waals surface area contributed by atoms with E-state index in [0.29, 0.717) is 18.2 Å². The minimum absolute atomic E-state index is 0.0101. The van der Waals surface area contributed by atoms with Gasteiger partial charge in [0.15, 0.2) is 0 Å². The van der Waals surface area contributed by atoms with Crippen molar-refractivity contribution in [2.45, 2.75) is 76.6 Å². The van der Waals surface area contributed by atoms with Crippen molar-refractivity contribution in [2.75, 3.05) is 7.11 Å². The summed E-state index contributed by atoms with van der Waals surface area (Å²) in [6.07, 6.45) is 4.52. The summed E-state index contributed by atoms with van der Waals surface area (Å²) in [7, 11) is 1.58. The number of carbonyl (C=O) groups is 1. The first-order chi connectivity index (χ1) is 9.96. The van der Waals surface area contributed by atoms with Crippen LogP contribution in [0.5, 0.6) is 0 Å². The molecule has 1 aliphatic carbocycles. The number of hydrogen-bond donors (Lipinski definition) is 3. The van der Waals surface area contributed by atoms with Gasteiger partial charge in [-0.05, 0) is 39.0 Å². The van der Waals surface area contributed by atoms with Crippen molar-refractivity contribution >= 4 is 5.91 Å². The van der Waals surface area contributed by atoms with Gasteiger partial charge in [-0.3, -0.25) is 4.79 Å². The van der Waals surface area contributed by atoms with Gasteiger partial charge in [0.25, 0.3) is 0 Å². The lowest BCUT2D eigenvalue weighted by atomic mass is 9.92. The molecule has 21 heavy (non-hydrogen) atoms. The third-order valence-electron chi connectivity index (χ3n) is 4.19. The minimum Gasteiger partial charge on any atom is -0.500 e. The van der Waals surface area contributed by atoms with Crippen LogP contribution >= 0.6 is 0 Å². The van der Waals surface area contributed by atoms with Crippen LogP contribution in [-0.2, 0) is 9.53 Å². The second kappa shape index (κ2) is 9.05. The molecule has 0 spiro atoms. The Morgan fingerprint density at radius 1 is 1.38 bits per heavy atom. The van der Waals surface area contributed by atoms with Crippen LogP contribution in [0.4, 0.5) is 0 Å². The van der Waals surface area contributed by atoms with E-state index in [1.165, 1.54) is 0 Å². The fourth-order valence-corrected chi connectivity index (χ4v) is 2.56. The number of carbonyl (C=O) groups excluding carboxylic acids is 1. The molecular formula is C16H30N2O3. The Kier molecular flexibility index (Phi) is 7.75. The van der Waals surface area contributed by atoms with Gasteiger partial charge >= 0.3 is 0 Å². The molecule has 2 atom stereocenters. The lowest BCUT2D eigenvalue weighted by molar-refractivity contribution is -0.122. The van der Waals surface area contributed by atoms with Gasteiger partial charge in [0.2, 0.25) is 5.91 Å². The SMILES string of the molecule is C=C(OC)C(CC(=O)NC(C)CC)NC1CCC(O)CC1. The van der Waals surface area contributed by atoms with Crippen LogP contribution in [0.15, 0.2) is 12.3 Å². The third-order valence-corrected chi connectivity index (χ3v) is 4.19. The second-order valence-corrected chi connectivity index (χ2v) is 5.98. The Morgan fingerprint density at radius 3 is 2.52 bits per heavy atom. The van der Waals surface area contributed by atoms with Gasteiger partial charge in [0.05, 0.1) is 19.3 Å². The summed E-state index contributed by atoms with van der Waals surface area (Å²) in [4.78, 5) is 12.0. The fourth-order valence-electron chi connectivity index (χ4n) is 2.56. The number of nitrogens with one attached hydrogen (secondary N) is 2. The molecule has 122 valence electrons. The van der Waals surface area contributed by atoms with Crippen molar-refractivity contribution in [1.82, 2.24) is 10.6 Å². The summed E-state index contributed by atoms with van der Waals surface area (Å²) in [6.45, 7) is 7.93. The Bertz CT molecular complexity index is 338. The first-order valence-electron chi connectivity index (χ1n) is 7.92. The molecule has 0 aromatic carbocycles. The summed E-state index contributed by atoms with van der Waals surface area (Å²) in [5, 5.41) is 16.0. The maximum Gasteiger partial charge on any atom is 0.222 e. The molecule has 0 aromatic heterocycles. The molecule has 1 saturated carbocycles. The first kappa shape index (κ1) is 18.0. The lowest BCUT2D eigenvalue weighted by Crippen LogP contribution is -2.45. The summed E-state index contributed by atoms with van der Waals surface area (Å²) < 4.78 is 5.22. The topological polar surface area (TPSA) is 70.6 Å². The van der Waals surface area contributed by atoms with Crippen molar-refractivity contribution in [3.63, 3.8) is 0 Å². The van der Waals surface area contributed by atoms with Crippen LogP contribution in [0, 0.1) is 0 Å². The fraction of sp³-hybridized carbons (Fsp3) is 0.812. The molecule has 3 N–H and O–H groups in total. The average molecular weight is 298 g/mol. The van der Waals surface area contributed by atoms with Crippen LogP contribution in [0.25, 0.3) is 0 Å². The summed E-state index contributed by atoms with van der Waals surface area (Å²) in [5.74, 6) is 0.594. The molecule has 1 fully saturated rings. The summed E-state index contributed by atoms with van der Waals surface area (Å²) >= 11 is 0. The molecule has 0 radical (unpaired) electrons. The van der Waals surface area contributed by atoms with E-state index in [4.69, 9.17) is 4.74 Å². The monoisotopic (exact) mass is 298 g/mol. The first-order valence-corrected chi connectivity index (χ1v) is 7.92. The number of aliphatic hydroxyl groups excluding tert-OH is 1. The molecule has 0 bridgehead atoms. The molecule has 0 saturated heterocycles. The van der Waals surface area contributed by atoms with Crippen LogP contribution in [0.1, 0.15) is 52.4 Å². The highest BCUT2D eigenvalue weighted by atomic mass is 16.5. The van der Waals surface area contributed by atoms with E-state index in [9.17, 15) is 9.90 Å². The predicted molar refractivity (Wildman–Crippen MR) is 83.8 cm³/mol. The Balaban J connectivity index is 2.51. The van der Waals surface area contributed by atoms with E-state index in [1.807, 2.05) is 13.8 Å². The Labute approximate surface area is 128 Å². The van der Waals surface area contributed by atoms with Crippen LogP contribution in [-0.4, -0.2) is 42.4 Å². The molecular weight excluding hydrogens is 268 g/mol. The predicted octanol–water partition coefficient (Wildman–Crippen LogP) is 1.71. The van der Waals surface area contributed by atoms with Gasteiger partial charge in [-0.1, -0.05) is 13.5 Å². The van der Waals surface area contributed by atoms with Gasteiger partial charge in [0, 0.05) is 18.5 Å². The zero-order valence-electron chi connectivity index (χ0n) is 13.5. The van der Waals surface area contributed by atoms with Gasteiger partial charge in [-0.15, -0.1) is 0 Å². The van der Waals surface area contributed by atoms with Crippen molar-refractivity contribution in [3.8, 4) is 0 Å². The van der Waals surface area contributed by atoms with Crippen LogP contribution < -0.4 is 10.6 Å². The molecule has 1 rings (SSSR count). The highest BCUT2D eigenvalue weighted by molar-refractivity contribution is 5.77. The van der Waals surface area contributed by atoms with Crippen molar-refractivity contribution in [3.05, 3.63) is 12.3 Å². The smallest absolute Gasteiger partial charge is 0.222 e. The molecule has 1 amide bonds. The highest BCUT2D eigenvalue weighted by Gasteiger charge is 2.25. The van der Waals surface area contributed by atoms with E-state index >= 15 is 0 Å². The van der Waals surface area contributed by atoms with E-state index in [1.54, 1.807) is 7.11 Å². The normalized spacial score (nSPS) is 25.0. The molecule has 0 aliphatic heterocycles. The number of amides is 1.